The van der Waals surface area contributed by atoms with Crippen LogP contribution in [-0.4, -0.2) is 113 Å². The van der Waals surface area contributed by atoms with E-state index in [1.165, 1.54) is 47.9 Å². The number of hydrogen-bond donors (Lipinski definition) is 2. The Morgan fingerprint density at radius 2 is 1.01 bits per heavy atom. The molecule has 4 aliphatic heterocycles. The minimum Gasteiger partial charge on any atom is -0.482 e. The number of nitrogens with zero attached hydrogens (tertiary/aromatic N) is 2. The van der Waals surface area contributed by atoms with Crippen LogP contribution in [0.5, 0.6) is 23.0 Å². The van der Waals surface area contributed by atoms with E-state index >= 15 is 0 Å². The lowest BCUT2D eigenvalue weighted by atomic mass is 9.33. The molecule has 14 aliphatic rings. The predicted molar refractivity (Wildman–Crippen MR) is 264 cm³/mol. The van der Waals surface area contributed by atoms with Crippen molar-refractivity contribution in [2.24, 2.45) is 45.3 Å². The third-order valence-electron chi connectivity index (χ3n) is 24.1. The van der Waals surface area contributed by atoms with E-state index in [1.807, 2.05) is 40.2 Å². The molecule has 8 saturated carbocycles. The number of likely N-dealkylation sites (tertiary alicyclic amines) is 2. The highest BCUT2D eigenvalue weighted by molar-refractivity contribution is 5.74. The molecule has 2 unspecified atom stereocenters. The lowest BCUT2D eigenvalue weighted by Crippen LogP contribution is -2.83. The number of benzene rings is 2. The number of piperidine rings is 2. The molecular formula is C59H80N2O9. The maximum atomic E-state index is 14.7. The minimum absolute atomic E-state index is 0.133. The van der Waals surface area contributed by atoms with Crippen molar-refractivity contribution < 1.29 is 43.4 Å². The SMILES string of the molecule is CO[C@]12CC[C@@]3(C[C@@H]1[C@](C)(O)C(C)(C)C)C1Cc4ccc(OC(=O)Oc5ccc6c7c5O[C@H]5[C@@]8(OC)CC[C@@]9(C[C@@H]8[C@](C)(O)C(C)(C)C)C(C6)N(CC6CC6)CC[C@]759)c5c4[C@@]3(CCN1CC1CC1)[C@H]2O5. The first-order valence-electron chi connectivity index (χ1n) is 27.7. The summed E-state index contributed by atoms with van der Waals surface area (Å²) in [6.45, 7) is 21.3. The van der Waals surface area contributed by atoms with Crippen LogP contribution in [0.3, 0.4) is 0 Å². The zero-order valence-corrected chi connectivity index (χ0v) is 43.8. The molecule has 4 spiro atoms. The minimum atomic E-state index is -1.04. The van der Waals surface area contributed by atoms with E-state index in [4.69, 9.17) is 28.4 Å². The van der Waals surface area contributed by atoms with Crippen LogP contribution in [0.15, 0.2) is 24.3 Å². The Bertz CT molecular complexity index is 2420. The van der Waals surface area contributed by atoms with Crippen LogP contribution in [0.2, 0.25) is 0 Å². The molecule has 10 aliphatic carbocycles. The van der Waals surface area contributed by atoms with Crippen LogP contribution in [-0.2, 0) is 33.1 Å². The van der Waals surface area contributed by atoms with Crippen LogP contribution in [0, 0.1) is 45.3 Å². The van der Waals surface area contributed by atoms with Gasteiger partial charge in [-0.05, 0) is 163 Å². The molecule has 8 bridgehead atoms. The first-order valence-corrected chi connectivity index (χ1v) is 27.7. The lowest BCUT2D eigenvalue weighted by molar-refractivity contribution is -0.312. The zero-order chi connectivity index (χ0) is 48.8. The molecule has 10 fully saturated rings. The van der Waals surface area contributed by atoms with E-state index in [-0.39, 0.29) is 45.7 Å². The summed E-state index contributed by atoms with van der Waals surface area (Å²) in [5, 5.41) is 25.6. The number of rotatable bonds is 10. The van der Waals surface area contributed by atoms with Gasteiger partial charge in [-0.25, -0.2) is 4.79 Å². The Morgan fingerprint density at radius 1 is 0.614 bits per heavy atom. The van der Waals surface area contributed by atoms with Crippen molar-refractivity contribution in [3.05, 3.63) is 46.5 Å². The Balaban J connectivity index is 0.840. The smallest absolute Gasteiger partial charge is 0.482 e. The van der Waals surface area contributed by atoms with Crippen LogP contribution >= 0.6 is 0 Å². The van der Waals surface area contributed by atoms with Gasteiger partial charge in [-0.15, -0.1) is 0 Å². The number of ether oxygens (including phenoxy) is 6. The van der Waals surface area contributed by atoms with Gasteiger partial charge in [-0.3, -0.25) is 9.80 Å². The molecule has 2 aromatic carbocycles. The van der Waals surface area contributed by atoms with Crippen molar-refractivity contribution in [3.8, 4) is 23.0 Å². The number of carbonyl (C=O) groups excluding carboxylic acids is 1. The van der Waals surface area contributed by atoms with Gasteiger partial charge in [0.2, 0.25) is 0 Å². The summed E-state index contributed by atoms with van der Waals surface area (Å²) >= 11 is 0. The van der Waals surface area contributed by atoms with E-state index < -0.39 is 39.4 Å². The van der Waals surface area contributed by atoms with E-state index in [9.17, 15) is 15.0 Å². The Hall–Kier alpha value is -2.93. The molecule has 4 heterocycles. The van der Waals surface area contributed by atoms with E-state index in [2.05, 4.69) is 63.5 Å². The maximum Gasteiger partial charge on any atom is 0.519 e. The molecule has 70 heavy (non-hydrogen) atoms. The summed E-state index contributed by atoms with van der Waals surface area (Å²) < 4.78 is 41.6. The summed E-state index contributed by atoms with van der Waals surface area (Å²) in [5.74, 6) is 3.28. The summed E-state index contributed by atoms with van der Waals surface area (Å²) in [7, 11) is 3.66. The van der Waals surface area contributed by atoms with Crippen molar-refractivity contribution in [1.29, 1.82) is 0 Å². The quantitative estimate of drug-likeness (QED) is 0.175. The number of fused-ring (bicyclic) bond motifs is 4. The summed E-state index contributed by atoms with van der Waals surface area (Å²) in [5.41, 5.74) is -0.332. The Labute approximate surface area is 416 Å². The highest BCUT2D eigenvalue weighted by Crippen LogP contribution is 2.80. The van der Waals surface area contributed by atoms with Crippen molar-refractivity contribution in [2.45, 2.75) is 203 Å². The van der Waals surface area contributed by atoms with E-state index in [1.54, 1.807) is 0 Å². The topological polar surface area (TPSA) is 119 Å². The highest BCUT2D eigenvalue weighted by atomic mass is 16.7. The second-order valence-electron chi connectivity index (χ2n) is 28.0. The van der Waals surface area contributed by atoms with Gasteiger partial charge in [-0.1, -0.05) is 53.7 Å². The second kappa shape index (κ2) is 13.9. The third kappa shape index (κ3) is 5.18. The van der Waals surface area contributed by atoms with Gasteiger partial charge >= 0.3 is 6.16 Å². The zero-order valence-electron chi connectivity index (χ0n) is 43.8. The van der Waals surface area contributed by atoms with Crippen molar-refractivity contribution >= 4 is 6.16 Å². The number of aliphatic hydroxyl groups is 2. The fourth-order valence-corrected chi connectivity index (χ4v) is 19.5. The van der Waals surface area contributed by atoms with E-state index in [0.717, 1.165) is 102 Å². The first-order chi connectivity index (χ1) is 33.1. The average molecular weight is 961 g/mol. The van der Waals surface area contributed by atoms with Gasteiger partial charge in [0.05, 0.1) is 11.2 Å². The fraction of sp³-hybridized carbons (Fsp3) is 0.780. The van der Waals surface area contributed by atoms with Crippen molar-refractivity contribution in [3.63, 3.8) is 0 Å². The lowest BCUT2D eigenvalue weighted by Gasteiger charge is -2.75. The fourth-order valence-electron chi connectivity index (χ4n) is 19.5. The Morgan fingerprint density at radius 3 is 1.37 bits per heavy atom. The third-order valence-corrected chi connectivity index (χ3v) is 24.1. The van der Waals surface area contributed by atoms with Gasteiger partial charge in [-0.2, -0.15) is 0 Å². The number of hydrogen-bond acceptors (Lipinski definition) is 11. The summed E-state index contributed by atoms with van der Waals surface area (Å²) in [4.78, 5) is 20.3. The average Bonchev–Trinajstić information content (AvgIpc) is 4.25. The molecule has 0 amide bonds. The normalized spacial score (nSPS) is 43.1. The van der Waals surface area contributed by atoms with Gasteiger partial charge in [0.15, 0.2) is 23.0 Å². The number of methoxy groups -OCH3 is 2. The van der Waals surface area contributed by atoms with Gasteiger partial charge in [0.25, 0.3) is 0 Å². The molecule has 380 valence electrons. The maximum absolute atomic E-state index is 14.7. The predicted octanol–water partition coefficient (Wildman–Crippen LogP) is 9.31. The molecule has 2 N–H and O–H groups in total. The van der Waals surface area contributed by atoms with E-state index in [0.29, 0.717) is 35.1 Å². The standard InChI is InChI=1S/C59H80N2O9/c1-50(2,3)52(7,63)39-29-54-19-21-58(39,65-9)47-56(54)23-25-60(31-33-11-12-33)41(54)27-35-15-17-37(45(69-47)43(35)56)67-49(62)68-38-18-16-36-28-42-55-20-22-59(66-10,40(30-55)53(8,64)51(4,5)6)48-57(55,44(36)46(38)70-48)24-26-61(42)32-34-13-14-34/h15-18,33-34,39-42,47-48,63-64H,11-14,19-32H2,1-10H3/t39-,40-,41?,42?,47-,48-,52+,53+,54-,55-,56+,57+,58-,59-/m1/s1. The van der Waals surface area contributed by atoms with Crippen LogP contribution < -0.4 is 18.9 Å². The molecular weight excluding hydrogens is 881 g/mol. The van der Waals surface area contributed by atoms with Gasteiger partial charge in [0.1, 0.15) is 23.4 Å². The van der Waals surface area contributed by atoms with Gasteiger partial charge < -0.3 is 38.6 Å². The summed E-state index contributed by atoms with van der Waals surface area (Å²) in [6.07, 6.45) is 12.8. The molecule has 14 atom stereocenters. The van der Waals surface area contributed by atoms with Crippen molar-refractivity contribution in [1.82, 2.24) is 9.80 Å². The Kier molecular flexibility index (Phi) is 9.04. The van der Waals surface area contributed by atoms with Crippen LogP contribution in [0.4, 0.5) is 4.79 Å². The molecule has 11 heteroatoms. The number of carbonyl (C=O) groups is 1. The second-order valence-corrected chi connectivity index (χ2v) is 28.0. The molecule has 2 saturated heterocycles. The first kappa shape index (κ1) is 45.7. The van der Waals surface area contributed by atoms with Crippen LogP contribution in [0.25, 0.3) is 0 Å². The van der Waals surface area contributed by atoms with Crippen molar-refractivity contribution in [2.75, 3.05) is 40.4 Å². The molecule has 16 rings (SSSR count). The largest absolute Gasteiger partial charge is 0.519 e. The molecule has 11 nitrogen and oxygen atoms in total. The highest BCUT2D eigenvalue weighted by Gasteiger charge is 2.84. The molecule has 0 aromatic heterocycles. The van der Waals surface area contributed by atoms with Crippen LogP contribution in [0.1, 0.15) is 155 Å². The molecule has 2 aromatic rings. The van der Waals surface area contributed by atoms with Gasteiger partial charge in [0, 0.05) is 84.0 Å². The monoisotopic (exact) mass is 961 g/mol. The summed E-state index contributed by atoms with van der Waals surface area (Å²) in [6, 6.07) is 8.92. The molecule has 0 radical (unpaired) electrons.